The van der Waals surface area contributed by atoms with E-state index in [0.29, 0.717) is 6.54 Å². The minimum Gasteiger partial charge on any atom is -0.383 e. The Balaban J connectivity index is 3.17. The van der Waals surface area contributed by atoms with Crippen LogP contribution in [0, 0.1) is 10.1 Å². The fourth-order valence-electron chi connectivity index (χ4n) is 1.42. The molecule has 6 nitrogen and oxygen atoms in total. The zero-order valence-electron chi connectivity index (χ0n) is 10.1. The van der Waals surface area contributed by atoms with E-state index in [2.05, 4.69) is 10.6 Å². The number of rotatable bonds is 5. The van der Waals surface area contributed by atoms with Gasteiger partial charge in [-0.25, -0.2) is 0 Å². The van der Waals surface area contributed by atoms with E-state index < -0.39 is 10.8 Å². The molecule has 0 atom stereocenters. The molecule has 0 spiro atoms. The molecule has 0 radical (unpaired) electrons. The van der Waals surface area contributed by atoms with Crippen LogP contribution in [0.3, 0.4) is 0 Å². The van der Waals surface area contributed by atoms with Crippen LogP contribution in [0.5, 0.6) is 0 Å². The number of halogens is 1. The van der Waals surface area contributed by atoms with Crippen molar-refractivity contribution in [2.75, 3.05) is 18.9 Å². The highest BCUT2D eigenvalue weighted by Crippen LogP contribution is 2.30. The fourth-order valence-corrected chi connectivity index (χ4v) is 1.67. The van der Waals surface area contributed by atoms with Crippen molar-refractivity contribution in [2.45, 2.75) is 13.3 Å². The molecule has 2 N–H and O–H groups in total. The van der Waals surface area contributed by atoms with Crippen molar-refractivity contribution in [3.05, 3.63) is 32.8 Å². The van der Waals surface area contributed by atoms with Gasteiger partial charge in [-0.05, 0) is 12.5 Å². The van der Waals surface area contributed by atoms with Gasteiger partial charge in [0.1, 0.15) is 5.69 Å². The molecule has 7 heteroatoms. The number of anilines is 1. The molecule has 98 valence electrons. The Labute approximate surface area is 109 Å². The van der Waals surface area contributed by atoms with Crippen LogP contribution in [0.25, 0.3) is 0 Å². The molecule has 1 rings (SSSR count). The molecule has 0 unspecified atom stereocenters. The van der Waals surface area contributed by atoms with Gasteiger partial charge in [-0.3, -0.25) is 14.9 Å². The van der Waals surface area contributed by atoms with Crippen LogP contribution < -0.4 is 10.6 Å². The van der Waals surface area contributed by atoms with Crippen molar-refractivity contribution in [2.24, 2.45) is 0 Å². The Hall–Kier alpha value is -1.82. The number of hydrogen-bond acceptors (Lipinski definition) is 4. The number of nitrogens with one attached hydrogen (secondary N) is 2. The third-order valence-corrected chi connectivity index (χ3v) is 2.64. The number of benzene rings is 1. The Morgan fingerprint density at radius 3 is 2.67 bits per heavy atom. The number of nitrogens with zero attached hydrogens (tertiary/aromatic N) is 1. The second-order valence-electron chi connectivity index (χ2n) is 3.61. The number of amides is 1. The third kappa shape index (κ3) is 3.10. The molecule has 1 aromatic carbocycles. The van der Waals surface area contributed by atoms with Crippen LogP contribution in [-0.4, -0.2) is 24.4 Å². The minimum absolute atomic E-state index is 0.107. The maximum absolute atomic E-state index is 11.8. The summed E-state index contributed by atoms with van der Waals surface area (Å²) in [6.45, 7) is 2.41. The summed E-state index contributed by atoms with van der Waals surface area (Å²) in [6.07, 6.45) is 0.778. The lowest BCUT2D eigenvalue weighted by Gasteiger charge is -2.08. The van der Waals surface area contributed by atoms with Gasteiger partial charge in [0.05, 0.1) is 15.5 Å². The van der Waals surface area contributed by atoms with Crippen LogP contribution in [0.15, 0.2) is 12.1 Å². The standard InChI is InChI=1S/C11H14ClN3O3/c1-3-4-14-11(16)7-5-10(15(17)18)9(13-2)6-8(7)12/h5-6,13H,3-4H2,1-2H3,(H,14,16). The van der Waals surface area contributed by atoms with Gasteiger partial charge in [-0.2, -0.15) is 0 Å². The molecule has 18 heavy (non-hydrogen) atoms. The van der Waals surface area contributed by atoms with E-state index in [4.69, 9.17) is 11.6 Å². The lowest BCUT2D eigenvalue weighted by atomic mass is 10.1. The van der Waals surface area contributed by atoms with Crippen molar-refractivity contribution >= 4 is 28.9 Å². The topological polar surface area (TPSA) is 84.3 Å². The van der Waals surface area contributed by atoms with Gasteiger partial charge in [0.2, 0.25) is 0 Å². The van der Waals surface area contributed by atoms with Crippen LogP contribution >= 0.6 is 11.6 Å². The molecule has 1 amide bonds. The maximum atomic E-state index is 11.8. The summed E-state index contributed by atoms with van der Waals surface area (Å²) in [5.74, 6) is -0.410. The molecule has 0 aliphatic rings. The van der Waals surface area contributed by atoms with Crippen LogP contribution in [0.4, 0.5) is 11.4 Å². The monoisotopic (exact) mass is 271 g/mol. The summed E-state index contributed by atoms with van der Waals surface area (Å²) >= 11 is 5.94. The summed E-state index contributed by atoms with van der Waals surface area (Å²) in [5, 5.41) is 16.3. The number of nitro benzene ring substituents is 1. The molecule has 1 aromatic rings. The average molecular weight is 272 g/mol. The number of hydrogen-bond donors (Lipinski definition) is 2. The average Bonchev–Trinajstić information content (AvgIpc) is 2.34. The van der Waals surface area contributed by atoms with Gasteiger partial charge in [0.15, 0.2) is 0 Å². The normalized spacial score (nSPS) is 9.94. The number of carbonyl (C=O) groups excluding carboxylic acids is 1. The first-order valence-corrected chi connectivity index (χ1v) is 5.83. The second kappa shape index (κ2) is 6.20. The van der Waals surface area contributed by atoms with Crippen molar-refractivity contribution in [3.63, 3.8) is 0 Å². The highest BCUT2D eigenvalue weighted by Gasteiger charge is 2.20. The van der Waals surface area contributed by atoms with E-state index in [1.165, 1.54) is 12.1 Å². The Morgan fingerprint density at radius 1 is 1.50 bits per heavy atom. The van der Waals surface area contributed by atoms with E-state index in [-0.39, 0.29) is 22.0 Å². The quantitative estimate of drug-likeness (QED) is 0.636. The summed E-state index contributed by atoms with van der Waals surface area (Å²) in [4.78, 5) is 22.1. The van der Waals surface area contributed by atoms with Gasteiger partial charge < -0.3 is 10.6 Å². The first-order valence-electron chi connectivity index (χ1n) is 5.45. The van der Waals surface area contributed by atoms with E-state index in [0.717, 1.165) is 6.42 Å². The smallest absolute Gasteiger partial charge is 0.293 e. The maximum Gasteiger partial charge on any atom is 0.293 e. The lowest BCUT2D eigenvalue weighted by molar-refractivity contribution is -0.384. The lowest BCUT2D eigenvalue weighted by Crippen LogP contribution is -2.24. The molecule has 0 aromatic heterocycles. The van der Waals surface area contributed by atoms with E-state index >= 15 is 0 Å². The Bertz CT molecular complexity index is 477. The summed E-state index contributed by atoms with van der Waals surface area (Å²) in [7, 11) is 1.55. The van der Waals surface area contributed by atoms with Crippen molar-refractivity contribution in [3.8, 4) is 0 Å². The third-order valence-electron chi connectivity index (χ3n) is 2.33. The van der Waals surface area contributed by atoms with Gasteiger partial charge in [-0.1, -0.05) is 18.5 Å². The molecule has 0 heterocycles. The molecule has 0 fully saturated rings. The second-order valence-corrected chi connectivity index (χ2v) is 4.02. The fraction of sp³-hybridized carbons (Fsp3) is 0.364. The Kier molecular flexibility index (Phi) is 4.91. The van der Waals surface area contributed by atoms with Crippen LogP contribution in [0.1, 0.15) is 23.7 Å². The van der Waals surface area contributed by atoms with E-state index in [1.807, 2.05) is 6.92 Å². The zero-order valence-corrected chi connectivity index (χ0v) is 10.9. The molecule has 0 bridgehead atoms. The minimum atomic E-state index is -0.557. The van der Waals surface area contributed by atoms with E-state index in [9.17, 15) is 14.9 Å². The molecule has 0 aliphatic carbocycles. The van der Waals surface area contributed by atoms with Gasteiger partial charge in [0, 0.05) is 19.7 Å². The number of carbonyl (C=O) groups is 1. The van der Waals surface area contributed by atoms with Gasteiger partial charge in [0.25, 0.3) is 11.6 Å². The highest BCUT2D eigenvalue weighted by atomic mass is 35.5. The molecular weight excluding hydrogens is 258 g/mol. The van der Waals surface area contributed by atoms with Crippen molar-refractivity contribution in [1.82, 2.24) is 5.32 Å². The predicted octanol–water partition coefficient (Wildman–Crippen LogP) is 2.43. The van der Waals surface area contributed by atoms with E-state index in [1.54, 1.807) is 7.05 Å². The summed E-state index contributed by atoms with van der Waals surface area (Å²) in [5.41, 5.74) is 0.205. The summed E-state index contributed by atoms with van der Waals surface area (Å²) in [6, 6.07) is 2.56. The molecular formula is C11H14ClN3O3. The summed E-state index contributed by atoms with van der Waals surface area (Å²) < 4.78 is 0. The van der Waals surface area contributed by atoms with Gasteiger partial charge >= 0.3 is 0 Å². The zero-order chi connectivity index (χ0) is 13.7. The van der Waals surface area contributed by atoms with Crippen LogP contribution in [0.2, 0.25) is 5.02 Å². The largest absolute Gasteiger partial charge is 0.383 e. The number of nitro groups is 1. The first-order chi connectivity index (χ1) is 8.51. The Morgan fingerprint density at radius 2 is 2.17 bits per heavy atom. The van der Waals surface area contributed by atoms with Crippen molar-refractivity contribution in [1.29, 1.82) is 0 Å². The first kappa shape index (κ1) is 14.2. The van der Waals surface area contributed by atoms with Gasteiger partial charge in [-0.15, -0.1) is 0 Å². The molecule has 0 saturated heterocycles. The molecule has 0 saturated carbocycles. The molecule has 0 aliphatic heterocycles. The van der Waals surface area contributed by atoms with Crippen LogP contribution in [-0.2, 0) is 0 Å². The SMILES string of the molecule is CCCNC(=O)c1cc([N+](=O)[O-])c(NC)cc1Cl. The highest BCUT2D eigenvalue weighted by molar-refractivity contribution is 6.34. The predicted molar refractivity (Wildman–Crippen MR) is 70.3 cm³/mol. The van der Waals surface area contributed by atoms with Crippen molar-refractivity contribution < 1.29 is 9.72 Å².